The maximum Gasteiger partial charge on any atom is 0.0252 e. The average molecular weight is 218 g/mol. The lowest BCUT2D eigenvalue weighted by Crippen LogP contribution is -2.54. The van der Waals surface area contributed by atoms with E-state index < -0.39 is 0 Å². The van der Waals surface area contributed by atoms with Gasteiger partial charge in [0.15, 0.2) is 0 Å². The number of rotatable bonds is 2. The summed E-state index contributed by atoms with van der Waals surface area (Å²) in [7, 11) is 0. The molecular formula is C14H22N2. The minimum Gasteiger partial charge on any atom is -0.324 e. The number of nitrogens with zero attached hydrogens (tertiary/aromatic N) is 1. The van der Waals surface area contributed by atoms with Gasteiger partial charge >= 0.3 is 0 Å². The first-order chi connectivity index (χ1) is 7.48. The van der Waals surface area contributed by atoms with Crippen LogP contribution in [0.15, 0.2) is 24.3 Å². The van der Waals surface area contributed by atoms with Gasteiger partial charge in [-0.15, -0.1) is 0 Å². The van der Waals surface area contributed by atoms with E-state index in [0.717, 1.165) is 19.5 Å². The standard InChI is InChI=1S/C14H22N2/c1-11(14(2,3)15)16-9-8-12-6-4-5-7-13(12)10-16/h4-7,11H,8-10,15H2,1-3H3. The van der Waals surface area contributed by atoms with Gasteiger partial charge in [0.2, 0.25) is 0 Å². The predicted molar refractivity (Wildman–Crippen MR) is 68.3 cm³/mol. The Morgan fingerprint density at radius 3 is 2.50 bits per heavy atom. The van der Waals surface area contributed by atoms with E-state index in [0.29, 0.717) is 6.04 Å². The van der Waals surface area contributed by atoms with Crippen LogP contribution >= 0.6 is 0 Å². The summed E-state index contributed by atoms with van der Waals surface area (Å²) in [5, 5.41) is 0. The van der Waals surface area contributed by atoms with Crippen molar-refractivity contribution in [3.8, 4) is 0 Å². The van der Waals surface area contributed by atoms with Crippen LogP contribution in [0.1, 0.15) is 31.9 Å². The molecule has 1 aliphatic rings. The van der Waals surface area contributed by atoms with Gasteiger partial charge in [-0.1, -0.05) is 24.3 Å². The number of fused-ring (bicyclic) bond motifs is 1. The summed E-state index contributed by atoms with van der Waals surface area (Å²) in [4.78, 5) is 2.49. The summed E-state index contributed by atoms with van der Waals surface area (Å²) in [6, 6.07) is 9.15. The van der Waals surface area contributed by atoms with Crippen LogP contribution in [-0.4, -0.2) is 23.0 Å². The first-order valence-electron chi connectivity index (χ1n) is 6.08. The molecule has 0 amide bonds. The van der Waals surface area contributed by atoms with E-state index >= 15 is 0 Å². The number of nitrogens with two attached hydrogens (primary N) is 1. The lowest BCUT2D eigenvalue weighted by Gasteiger charge is -2.40. The van der Waals surface area contributed by atoms with Gasteiger partial charge in [-0.3, -0.25) is 4.90 Å². The molecule has 16 heavy (non-hydrogen) atoms. The largest absolute Gasteiger partial charge is 0.324 e. The van der Waals surface area contributed by atoms with Crippen LogP contribution in [0.25, 0.3) is 0 Å². The highest BCUT2D eigenvalue weighted by Gasteiger charge is 2.28. The summed E-state index contributed by atoms with van der Waals surface area (Å²) < 4.78 is 0. The first-order valence-corrected chi connectivity index (χ1v) is 6.08. The van der Waals surface area contributed by atoms with Crippen LogP contribution in [0.4, 0.5) is 0 Å². The van der Waals surface area contributed by atoms with Gasteiger partial charge < -0.3 is 5.73 Å². The molecule has 0 radical (unpaired) electrons. The second kappa shape index (κ2) is 4.19. The van der Waals surface area contributed by atoms with Gasteiger partial charge in [-0.25, -0.2) is 0 Å². The lowest BCUT2D eigenvalue weighted by atomic mass is 9.92. The Morgan fingerprint density at radius 1 is 1.25 bits per heavy atom. The Morgan fingerprint density at radius 2 is 1.88 bits per heavy atom. The summed E-state index contributed by atoms with van der Waals surface area (Å²) in [6.07, 6.45) is 1.15. The van der Waals surface area contributed by atoms with Crippen LogP contribution in [0, 0.1) is 0 Å². The lowest BCUT2D eigenvalue weighted by molar-refractivity contribution is 0.135. The van der Waals surface area contributed by atoms with Crippen LogP contribution in [-0.2, 0) is 13.0 Å². The molecule has 1 heterocycles. The molecule has 0 spiro atoms. The van der Waals surface area contributed by atoms with Crippen molar-refractivity contribution in [3.05, 3.63) is 35.4 Å². The monoisotopic (exact) mass is 218 g/mol. The SMILES string of the molecule is CC(N1CCc2ccccc2C1)C(C)(C)N. The Hall–Kier alpha value is -0.860. The van der Waals surface area contributed by atoms with Crippen molar-refractivity contribution >= 4 is 0 Å². The Kier molecular flexibility index (Phi) is 3.04. The highest BCUT2D eigenvalue weighted by molar-refractivity contribution is 5.29. The van der Waals surface area contributed by atoms with Crippen LogP contribution in [0.5, 0.6) is 0 Å². The molecule has 0 aromatic heterocycles. The van der Waals surface area contributed by atoms with Crippen molar-refractivity contribution < 1.29 is 0 Å². The zero-order valence-corrected chi connectivity index (χ0v) is 10.5. The molecule has 2 heteroatoms. The van der Waals surface area contributed by atoms with E-state index in [1.54, 1.807) is 0 Å². The molecule has 0 saturated heterocycles. The summed E-state index contributed by atoms with van der Waals surface area (Å²) in [5.41, 5.74) is 9.02. The van der Waals surface area contributed by atoms with Crippen molar-refractivity contribution in [1.82, 2.24) is 4.90 Å². The highest BCUT2D eigenvalue weighted by atomic mass is 15.2. The summed E-state index contributed by atoms with van der Waals surface area (Å²) >= 11 is 0. The maximum absolute atomic E-state index is 6.19. The fraction of sp³-hybridized carbons (Fsp3) is 0.571. The minimum absolute atomic E-state index is 0.133. The zero-order valence-electron chi connectivity index (χ0n) is 10.5. The van der Waals surface area contributed by atoms with E-state index in [1.165, 1.54) is 11.1 Å². The first kappa shape index (κ1) is 11.6. The van der Waals surface area contributed by atoms with Gasteiger partial charge in [0.25, 0.3) is 0 Å². The number of hydrogen-bond donors (Lipinski definition) is 1. The van der Waals surface area contributed by atoms with Gasteiger partial charge in [-0.05, 0) is 38.3 Å². The molecule has 1 aliphatic heterocycles. The molecule has 2 nitrogen and oxygen atoms in total. The molecule has 0 aliphatic carbocycles. The molecule has 2 N–H and O–H groups in total. The van der Waals surface area contributed by atoms with Crippen LogP contribution in [0.3, 0.4) is 0 Å². The highest BCUT2D eigenvalue weighted by Crippen LogP contribution is 2.23. The normalized spacial score (nSPS) is 19.2. The van der Waals surface area contributed by atoms with Crippen molar-refractivity contribution in [1.29, 1.82) is 0 Å². The maximum atomic E-state index is 6.19. The quantitative estimate of drug-likeness (QED) is 0.824. The van der Waals surface area contributed by atoms with Crippen molar-refractivity contribution in [2.75, 3.05) is 6.54 Å². The third-order valence-corrected chi connectivity index (χ3v) is 3.78. The topological polar surface area (TPSA) is 29.3 Å². The number of benzene rings is 1. The predicted octanol–water partition coefficient (Wildman–Crippen LogP) is 2.17. The molecule has 1 aromatic rings. The van der Waals surface area contributed by atoms with E-state index in [1.807, 2.05) is 0 Å². The molecule has 1 atom stereocenters. The van der Waals surface area contributed by atoms with E-state index in [-0.39, 0.29) is 5.54 Å². The van der Waals surface area contributed by atoms with Gasteiger partial charge in [0.05, 0.1) is 0 Å². The fourth-order valence-corrected chi connectivity index (χ4v) is 2.32. The van der Waals surface area contributed by atoms with Gasteiger partial charge in [0, 0.05) is 24.7 Å². The molecule has 0 saturated carbocycles. The minimum atomic E-state index is -0.133. The van der Waals surface area contributed by atoms with Crippen molar-refractivity contribution in [2.45, 2.75) is 45.3 Å². The third-order valence-electron chi connectivity index (χ3n) is 3.78. The van der Waals surface area contributed by atoms with E-state index in [4.69, 9.17) is 5.73 Å². The second-order valence-electron chi connectivity index (χ2n) is 5.49. The van der Waals surface area contributed by atoms with Crippen LogP contribution < -0.4 is 5.73 Å². The summed E-state index contributed by atoms with van der Waals surface area (Å²) in [6.45, 7) is 8.61. The van der Waals surface area contributed by atoms with E-state index in [2.05, 4.69) is 49.9 Å². The Labute approximate surface area is 98.4 Å². The summed E-state index contributed by atoms with van der Waals surface area (Å²) in [5.74, 6) is 0. The zero-order chi connectivity index (χ0) is 11.8. The molecule has 0 bridgehead atoms. The average Bonchev–Trinajstić information content (AvgIpc) is 2.26. The molecule has 1 aromatic carbocycles. The molecule has 1 unspecified atom stereocenters. The van der Waals surface area contributed by atoms with Crippen LogP contribution in [0.2, 0.25) is 0 Å². The van der Waals surface area contributed by atoms with Crippen molar-refractivity contribution in [2.24, 2.45) is 5.73 Å². The molecule has 88 valence electrons. The van der Waals surface area contributed by atoms with E-state index in [9.17, 15) is 0 Å². The second-order valence-corrected chi connectivity index (χ2v) is 5.49. The Bertz CT molecular complexity index is 365. The van der Waals surface area contributed by atoms with Gasteiger partial charge in [0.1, 0.15) is 0 Å². The molecule has 2 rings (SSSR count). The molecule has 0 fully saturated rings. The van der Waals surface area contributed by atoms with Gasteiger partial charge in [-0.2, -0.15) is 0 Å². The molecular weight excluding hydrogens is 196 g/mol. The fourth-order valence-electron chi connectivity index (χ4n) is 2.32. The third kappa shape index (κ3) is 2.28. The smallest absolute Gasteiger partial charge is 0.0252 e. The van der Waals surface area contributed by atoms with Crippen molar-refractivity contribution in [3.63, 3.8) is 0 Å². The Balaban J connectivity index is 2.14. The number of hydrogen-bond acceptors (Lipinski definition) is 2.